The van der Waals surface area contributed by atoms with Crippen molar-refractivity contribution >= 4 is 16.7 Å². The average molecular weight is 435 g/mol. The molecule has 0 bridgehead atoms. The smallest absolute Gasteiger partial charge is 0.195 e. The maximum absolute atomic E-state index is 15.0. The number of hydrogen-bond acceptors (Lipinski definition) is 5. The van der Waals surface area contributed by atoms with E-state index in [1.165, 1.54) is 0 Å². The number of nitriles is 3. The molecule has 0 saturated heterocycles. The molecule has 2 aliphatic carbocycles. The Morgan fingerprint density at radius 3 is 1.97 bits per heavy atom. The van der Waals surface area contributed by atoms with Crippen LogP contribution >= 0.6 is 0 Å². The van der Waals surface area contributed by atoms with Crippen LogP contribution in [0.3, 0.4) is 0 Å². The number of pyridine rings is 2. The van der Waals surface area contributed by atoms with Gasteiger partial charge >= 0.3 is 0 Å². The molecule has 0 saturated carbocycles. The molecule has 5 rings (SSSR count). The summed E-state index contributed by atoms with van der Waals surface area (Å²) >= 11 is 0. The highest BCUT2D eigenvalue weighted by atomic mass is 19.2. The van der Waals surface area contributed by atoms with E-state index >= 15 is 4.39 Å². The molecule has 0 atom stereocenters. The molecular weight excluding hydrogens is 427 g/mol. The van der Waals surface area contributed by atoms with Gasteiger partial charge in [0.1, 0.15) is 17.7 Å². The van der Waals surface area contributed by atoms with Crippen LogP contribution < -0.4 is 0 Å². The summed E-state index contributed by atoms with van der Waals surface area (Å²) in [5, 5.41) is 28.7. The van der Waals surface area contributed by atoms with Gasteiger partial charge in [0.05, 0.1) is 17.5 Å². The van der Waals surface area contributed by atoms with Gasteiger partial charge in [-0.15, -0.1) is 0 Å². The maximum Gasteiger partial charge on any atom is 0.195 e. The molecule has 2 aromatic heterocycles. The quantitative estimate of drug-likeness (QED) is 0.283. The van der Waals surface area contributed by atoms with Crippen LogP contribution in [0.1, 0.15) is 22.3 Å². The van der Waals surface area contributed by atoms with Crippen molar-refractivity contribution in [3.63, 3.8) is 0 Å². The number of allylic oxidation sites excluding steroid dienone is 5. The van der Waals surface area contributed by atoms with E-state index in [9.17, 15) is 24.6 Å². The molecule has 3 aromatic rings. The predicted molar refractivity (Wildman–Crippen MR) is 112 cm³/mol. The Kier molecular flexibility index (Phi) is 4.41. The number of rotatable bonds is 0. The summed E-state index contributed by atoms with van der Waals surface area (Å²) in [6.45, 7) is 0. The van der Waals surface area contributed by atoms with Crippen molar-refractivity contribution in [1.82, 2.24) is 9.97 Å². The van der Waals surface area contributed by atoms with Crippen LogP contribution in [-0.4, -0.2) is 9.97 Å². The number of halogens is 3. The molecule has 1 aromatic carbocycles. The fourth-order valence-corrected chi connectivity index (χ4v) is 4.32. The Hall–Kier alpha value is -5.00. The topological polar surface area (TPSA) is 97.2 Å². The van der Waals surface area contributed by atoms with Crippen LogP contribution in [0, 0.1) is 51.4 Å². The zero-order valence-electron chi connectivity index (χ0n) is 16.5. The number of aromatic nitrogens is 2. The second-order valence-electron chi connectivity index (χ2n) is 7.12. The Labute approximate surface area is 185 Å². The Bertz CT molecular complexity index is 1560. The fraction of sp³-hybridized carbons (Fsp3) is 0. The van der Waals surface area contributed by atoms with E-state index in [1.54, 1.807) is 48.8 Å². The third-order valence-corrected chi connectivity index (χ3v) is 5.53. The van der Waals surface area contributed by atoms with E-state index in [2.05, 4.69) is 9.97 Å². The van der Waals surface area contributed by atoms with Gasteiger partial charge in [-0.3, -0.25) is 9.97 Å². The lowest BCUT2D eigenvalue weighted by atomic mass is 9.89. The molecule has 2 heterocycles. The molecule has 2 aliphatic rings. The number of nitrogens with zero attached hydrogens (tertiary/aromatic N) is 5. The van der Waals surface area contributed by atoms with Crippen LogP contribution in [0.25, 0.3) is 28.1 Å². The van der Waals surface area contributed by atoms with E-state index in [-0.39, 0.29) is 22.3 Å². The van der Waals surface area contributed by atoms with Gasteiger partial charge in [0, 0.05) is 57.5 Å². The van der Waals surface area contributed by atoms with Crippen molar-refractivity contribution < 1.29 is 13.2 Å². The van der Waals surface area contributed by atoms with Gasteiger partial charge in [-0.2, -0.15) is 15.8 Å². The second kappa shape index (κ2) is 7.30. The normalized spacial score (nSPS) is 14.3. The molecule has 0 spiro atoms. The Morgan fingerprint density at radius 2 is 1.42 bits per heavy atom. The molecule has 0 amide bonds. The molecule has 0 radical (unpaired) electrons. The van der Waals surface area contributed by atoms with Crippen LogP contribution in [-0.2, 0) is 0 Å². The summed E-state index contributed by atoms with van der Waals surface area (Å²) in [4.78, 5) is 8.75. The third kappa shape index (κ3) is 2.64. The van der Waals surface area contributed by atoms with Gasteiger partial charge in [-0.05, 0) is 23.8 Å². The molecule has 8 heteroatoms. The minimum absolute atomic E-state index is 0.0663. The number of benzene rings is 1. The number of hydrogen-bond donors (Lipinski definition) is 0. The molecule has 0 aliphatic heterocycles. The van der Waals surface area contributed by atoms with Crippen LogP contribution in [0.4, 0.5) is 13.2 Å². The van der Waals surface area contributed by atoms with E-state index < -0.39 is 28.6 Å². The molecule has 5 nitrogen and oxygen atoms in total. The maximum atomic E-state index is 15.0. The molecular formula is C25H8F3N5. The zero-order chi connectivity index (χ0) is 23.3. The Morgan fingerprint density at radius 1 is 0.818 bits per heavy atom. The van der Waals surface area contributed by atoms with Crippen molar-refractivity contribution in [2.45, 2.75) is 0 Å². The van der Waals surface area contributed by atoms with Gasteiger partial charge in [0.2, 0.25) is 0 Å². The standard InChI is InChI=1S/C25H8F3N5/c26-17-9-16-18(12(10-30)11-31)21(13(5-6-29)20(16)23(28)22(17)27)19-14-3-1-7-32-24(14)25-15(19)4-2-8-33-25/h1-5,7-9H/b13-5+. The predicted octanol–water partition coefficient (Wildman–Crippen LogP) is 5.10. The lowest BCUT2D eigenvalue weighted by molar-refractivity contribution is 0.445. The van der Waals surface area contributed by atoms with Crippen LogP contribution in [0.5, 0.6) is 0 Å². The summed E-state index contributed by atoms with van der Waals surface area (Å²) in [5.74, 6) is -4.70. The minimum atomic E-state index is -1.71. The molecule has 0 fully saturated rings. The molecule has 154 valence electrons. The van der Waals surface area contributed by atoms with Crippen molar-refractivity contribution in [2.24, 2.45) is 0 Å². The van der Waals surface area contributed by atoms with Crippen molar-refractivity contribution in [3.05, 3.63) is 99.7 Å². The lowest BCUT2D eigenvalue weighted by Gasteiger charge is -2.11. The summed E-state index contributed by atoms with van der Waals surface area (Å²) in [6, 6.07) is 12.9. The van der Waals surface area contributed by atoms with Crippen LogP contribution in [0.2, 0.25) is 0 Å². The van der Waals surface area contributed by atoms with E-state index in [1.807, 2.05) is 6.07 Å². The summed E-state index contributed by atoms with van der Waals surface area (Å²) in [6.07, 6.45) is 4.13. The second-order valence-corrected chi connectivity index (χ2v) is 7.12. The first kappa shape index (κ1) is 19.9. The first-order chi connectivity index (χ1) is 16.0. The lowest BCUT2D eigenvalue weighted by Crippen LogP contribution is -1.97. The fourth-order valence-electron chi connectivity index (χ4n) is 4.32. The highest BCUT2D eigenvalue weighted by Crippen LogP contribution is 2.55. The van der Waals surface area contributed by atoms with E-state index in [4.69, 9.17) is 0 Å². The highest BCUT2D eigenvalue weighted by Gasteiger charge is 2.40. The van der Waals surface area contributed by atoms with Gasteiger partial charge in [0.15, 0.2) is 17.5 Å². The van der Waals surface area contributed by atoms with Crippen LogP contribution in [0.15, 0.2) is 59.9 Å². The molecule has 0 unspecified atom stereocenters. The summed E-state index contributed by atoms with van der Waals surface area (Å²) in [5.41, 5.74) is 1.54. The highest BCUT2D eigenvalue weighted by molar-refractivity contribution is 6.19. The minimum Gasteiger partial charge on any atom is -0.254 e. The average Bonchev–Trinajstić information content (AvgIpc) is 3.31. The van der Waals surface area contributed by atoms with Crippen molar-refractivity contribution in [3.8, 4) is 29.6 Å². The first-order valence-electron chi connectivity index (χ1n) is 9.52. The van der Waals surface area contributed by atoms with Gasteiger partial charge < -0.3 is 0 Å². The largest absolute Gasteiger partial charge is 0.254 e. The number of fused-ring (bicyclic) bond motifs is 4. The van der Waals surface area contributed by atoms with E-state index in [0.717, 1.165) is 12.1 Å². The van der Waals surface area contributed by atoms with Gasteiger partial charge in [-0.1, -0.05) is 12.1 Å². The first-order valence-corrected chi connectivity index (χ1v) is 9.52. The zero-order valence-corrected chi connectivity index (χ0v) is 16.5. The SMILES string of the molecule is N#C/C=C1/C(=C2c3cccnc3-c3ncccc32)C(=C(C#N)C#N)c2cc(F)c(F)c(F)c21. The monoisotopic (exact) mass is 435 g/mol. The molecule has 0 N–H and O–H groups in total. The Balaban J connectivity index is 2.06. The van der Waals surface area contributed by atoms with Gasteiger partial charge in [-0.25, -0.2) is 13.2 Å². The molecule has 33 heavy (non-hydrogen) atoms. The van der Waals surface area contributed by atoms with Crippen molar-refractivity contribution in [1.29, 1.82) is 15.8 Å². The third-order valence-electron chi connectivity index (χ3n) is 5.53. The van der Waals surface area contributed by atoms with E-state index in [0.29, 0.717) is 28.1 Å². The summed E-state index contributed by atoms with van der Waals surface area (Å²) in [7, 11) is 0. The summed E-state index contributed by atoms with van der Waals surface area (Å²) < 4.78 is 43.5. The van der Waals surface area contributed by atoms with Crippen molar-refractivity contribution in [2.75, 3.05) is 0 Å². The van der Waals surface area contributed by atoms with Gasteiger partial charge in [0.25, 0.3) is 0 Å².